The summed E-state index contributed by atoms with van der Waals surface area (Å²) < 4.78 is 5.64. The Morgan fingerprint density at radius 2 is 1.47 bits per heavy atom. The van der Waals surface area contributed by atoms with Crippen LogP contribution in [0.15, 0.2) is 48.5 Å². The fourth-order valence-electron chi connectivity index (χ4n) is 4.60. The van der Waals surface area contributed by atoms with Crippen molar-refractivity contribution in [2.24, 2.45) is 5.41 Å². The van der Waals surface area contributed by atoms with E-state index in [2.05, 4.69) is 34.9 Å². The van der Waals surface area contributed by atoms with Crippen molar-refractivity contribution in [2.45, 2.75) is 58.4 Å². The van der Waals surface area contributed by atoms with Crippen LogP contribution in [0.4, 0.5) is 4.79 Å². The van der Waals surface area contributed by atoms with Crippen molar-refractivity contribution in [3.8, 4) is 11.1 Å². The van der Waals surface area contributed by atoms with Crippen LogP contribution < -0.4 is 10.6 Å². The number of carboxylic acids is 1. The lowest BCUT2D eigenvalue weighted by Gasteiger charge is -2.33. The molecule has 7 heteroatoms. The van der Waals surface area contributed by atoms with Gasteiger partial charge in [-0.2, -0.15) is 0 Å². The Bertz CT molecular complexity index is 1010. The number of alkyl carbamates (subject to hydrolysis) is 1. The number of benzene rings is 2. The Morgan fingerprint density at radius 3 is 1.97 bits per heavy atom. The minimum atomic E-state index is -1.14. The van der Waals surface area contributed by atoms with Crippen LogP contribution in [0.1, 0.15) is 64.0 Å². The SMILES string of the molecule is CCC(CC)(NC(=O)OCC1c2ccccc2-c2ccccc21)C(=O)NCC(C)(C)CC(=O)O. The third-order valence-corrected chi connectivity index (χ3v) is 6.68. The van der Waals surface area contributed by atoms with E-state index in [1.54, 1.807) is 13.8 Å². The quantitative estimate of drug-likeness (QED) is 0.471. The molecule has 182 valence electrons. The Kier molecular flexibility index (Phi) is 7.64. The number of hydrogen-bond acceptors (Lipinski definition) is 4. The highest BCUT2D eigenvalue weighted by Gasteiger charge is 2.38. The molecule has 0 aromatic heterocycles. The number of amides is 2. The minimum Gasteiger partial charge on any atom is -0.481 e. The molecular weight excluding hydrogens is 432 g/mol. The van der Waals surface area contributed by atoms with Gasteiger partial charge in [0, 0.05) is 12.5 Å². The lowest BCUT2D eigenvalue weighted by Crippen LogP contribution is -2.59. The molecule has 0 bridgehead atoms. The van der Waals surface area contributed by atoms with Crippen molar-refractivity contribution >= 4 is 18.0 Å². The summed E-state index contributed by atoms with van der Waals surface area (Å²) in [6.07, 6.45) is 0.0290. The molecular formula is C27H34N2O5. The predicted molar refractivity (Wildman–Crippen MR) is 131 cm³/mol. The van der Waals surface area contributed by atoms with Crippen molar-refractivity contribution in [1.82, 2.24) is 10.6 Å². The zero-order chi connectivity index (χ0) is 24.9. The second-order valence-corrected chi connectivity index (χ2v) is 9.66. The number of carbonyl (C=O) groups is 3. The molecule has 0 radical (unpaired) electrons. The van der Waals surface area contributed by atoms with Crippen molar-refractivity contribution in [1.29, 1.82) is 0 Å². The normalized spacial score (nSPS) is 13.1. The average molecular weight is 467 g/mol. The maximum atomic E-state index is 13.1. The van der Waals surface area contributed by atoms with Gasteiger partial charge < -0.3 is 20.5 Å². The largest absolute Gasteiger partial charge is 0.481 e. The topological polar surface area (TPSA) is 105 Å². The highest BCUT2D eigenvalue weighted by molar-refractivity contribution is 5.90. The fourth-order valence-corrected chi connectivity index (χ4v) is 4.60. The van der Waals surface area contributed by atoms with Crippen molar-refractivity contribution in [3.63, 3.8) is 0 Å². The lowest BCUT2D eigenvalue weighted by molar-refractivity contribution is -0.139. The van der Waals surface area contributed by atoms with Gasteiger partial charge >= 0.3 is 12.1 Å². The van der Waals surface area contributed by atoms with Gasteiger partial charge in [0.25, 0.3) is 0 Å². The third kappa shape index (κ3) is 5.41. The summed E-state index contributed by atoms with van der Waals surface area (Å²) in [7, 11) is 0. The van der Waals surface area contributed by atoms with Gasteiger partial charge in [0.05, 0.1) is 6.42 Å². The van der Waals surface area contributed by atoms with Crippen molar-refractivity contribution in [3.05, 3.63) is 59.7 Å². The van der Waals surface area contributed by atoms with E-state index >= 15 is 0 Å². The maximum Gasteiger partial charge on any atom is 0.408 e. The number of carboxylic acid groups (broad SMARTS) is 1. The van der Waals surface area contributed by atoms with Gasteiger partial charge in [-0.15, -0.1) is 0 Å². The van der Waals surface area contributed by atoms with E-state index in [9.17, 15) is 14.4 Å². The molecule has 3 N–H and O–H groups in total. The summed E-state index contributed by atoms with van der Waals surface area (Å²) in [5.74, 6) is -1.33. The Balaban J connectivity index is 1.66. The van der Waals surface area contributed by atoms with Gasteiger partial charge in [-0.25, -0.2) is 4.79 Å². The van der Waals surface area contributed by atoms with E-state index in [1.807, 2.05) is 38.1 Å². The van der Waals surface area contributed by atoms with Crippen LogP contribution in [-0.2, 0) is 14.3 Å². The molecule has 34 heavy (non-hydrogen) atoms. The van der Waals surface area contributed by atoms with E-state index in [0.29, 0.717) is 12.8 Å². The molecule has 0 spiro atoms. The van der Waals surface area contributed by atoms with E-state index in [4.69, 9.17) is 9.84 Å². The van der Waals surface area contributed by atoms with Crippen molar-refractivity contribution < 1.29 is 24.2 Å². The predicted octanol–water partition coefficient (Wildman–Crippen LogP) is 4.70. The number of rotatable bonds is 10. The number of ether oxygens (including phenoxy) is 1. The molecule has 1 aliphatic rings. The Labute approximate surface area is 200 Å². The molecule has 2 aromatic carbocycles. The van der Waals surface area contributed by atoms with Crippen molar-refractivity contribution in [2.75, 3.05) is 13.2 Å². The monoisotopic (exact) mass is 466 g/mol. The molecule has 2 aromatic rings. The molecule has 0 aliphatic heterocycles. The van der Waals surface area contributed by atoms with Crippen LogP contribution in [0.3, 0.4) is 0 Å². The molecule has 0 heterocycles. The zero-order valence-electron chi connectivity index (χ0n) is 20.3. The molecule has 0 saturated carbocycles. The molecule has 0 fully saturated rings. The van der Waals surface area contributed by atoms with Crippen LogP contribution in [0.5, 0.6) is 0 Å². The van der Waals surface area contributed by atoms with Gasteiger partial charge in [0.15, 0.2) is 0 Å². The van der Waals surface area contributed by atoms with Crippen LogP contribution in [0.2, 0.25) is 0 Å². The number of hydrogen-bond donors (Lipinski definition) is 3. The summed E-state index contributed by atoms with van der Waals surface area (Å²) in [4.78, 5) is 36.9. The molecule has 0 saturated heterocycles. The number of carbonyl (C=O) groups excluding carboxylic acids is 2. The molecule has 2 amide bonds. The summed E-state index contributed by atoms with van der Waals surface area (Å²) in [5, 5.41) is 14.7. The highest BCUT2D eigenvalue weighted by Crippen LogP contribution is 2.44. The molecule has 1 aliphatic carbocycles. The van der Waals surface area contributed by atoms with Crippen LogP contribution in [-0.4, -0.2) is 41.8 Å². The van der Waals surface area contributed by atoms with Gasteiger partial charge in [-0.3, -0.25) is 9.59 Å². The first-order chi connectivity index (χ1) is 16.1. The van der Waals surface area contributed by atoms with Gasteiger partial charge in [-0.1, -0.05) is 76.2 Å². The lowest BCUT2D eigenvalue weighted by atomic mass is 9.87. The zero-order valence-corrected chi connectivity index (χ0v) is 20.3. The molecule has 3 rings (SSSR count). The standard InChI is InChI=1S/C27H34N2O5/c1-5-27(6-2,24(32)28-17-26(3,4)15-23(30)31)29-25(33)34-16-22-20-13-9-7-11-18(20)19-12-8-10-14-21(19)22/h7-14,22H,5-6,15-17H2,1-4H3,(H,28,32)(H,29,33)(H,30,31). The highest BCUT2D eigenvalue weighted by atomic mass is 16.5. The summed E-state index contributed by atoms with van der Waals surface area (Å²) in [6, 6.07) is 16.2. The second-order valence-electron chi connectivity index (χ2n) is 9.66. The molecule has 7 nitrogen and oxygen atoms in total. The van der Waals surface area contributed by atoms with Crippen LogP contribution in [0, 0.1) is 5.41 Å². The Hall–Kier alpha value is -3.35. The third-order valence-electron chi connectivity index (χ3n) is 6.68. The average Bonchev–Trinajstić information content (AvgIpc) is 3.13. The van der Waals surface area contributed by atoms with E-state index in [1.165, 1.54) is 0 Å². The maximum absolute atomic E-state index is 13.1. The first-order valence-electron chi connectivity index (χ1n) is 11.8. The summed E-state index contributed by atoms with van der Waals surface area (Å²) in [6.45, 7) is 7.56. The van der Waals surface area contributed by atoms with Gasteiger partial charge in [-0.05, 0) is 40.5 Å². The summed E-state index contributed by atoms with van der Waals surface area (Å²) in [5.41, 5.74) is 2.78. The molecule has 0 unspecified atom stereocenters. The fraction of sp³-hybridized carbons (Fsp3) is 0.444. The first kappa shape index (κ1) is 25.3. The van der Waals surface area contributed by atoms with E-state index in [0.717, 1.165) is 22.3 Å². The second kappa shape index (κ2) is 10.3. The summed E-state index contributed by atoms with van der Waals surface area (Å²) >= 11 is 0. The van der Waals surface area contributed by atoms with Gasteiger partial charge in [0.2, 0.25) is 5.91 Å². The smallest absolute Gasteiger partial charge is 0.408 e. The van der Waals surface area contributed by atoms with Crippen LogP contribution in [0.25, 0.3) is 11.1 Å². The van der Waals surface area contributed by atoms with Crippen LogP contribution >= 0.6 is 0 Å². The number of aliphatic carboxylic acids is 1. The minimum absolute atomic E-state index is 0.0681. The number of fused-ring (bicyclic) bond motifs is 3. The van der Waals surface area contributed by atoms with E-state index < -0.39 is 23.0 Å². The Morgan fingerprint density at radius 1 is 0.941 bits per heavy atom. The number of nitrogens with one attached hydrogen (secondary N) is 2. The molecule has 0 atom stereocenters. The van der Waals surface area contributed by atoms with E-state index in [-0.39, 0.29) is 31.4 Å². The first-order valence-corrected chi connectivity index (χ1v) is 11.8. The van der Waals surface area contributed by atoms with Gasteiger partial charge in [0.1, 0.15) is 12.1 Å².